The molecule has 0 radical (unpaired) electrons. The summed E-state index contributed by atoms with van der Waals surface area (Å²) in [6, 6.07) is 0. The summed E-state index contributed by atoms with van der Waals surface area (Å²) in [6.45, 7) is 5.11. The monoisotopic (exact) mass is 631 g/mol. The van der Waals surface area contributed by atoms with Gasteiger partial charge in [0.1, 0.15) is 19.3 Å². The zero-order chi connectivity index (χ0) is 32.1. The van der Waals surface area contributed by atoms with Crippen LogP contribution in [0.15, 0.2) is 24.3 Å². The van der Waals surface area contributed by atoms with Crippen molar-refractivity contribution in [3.8, 4) is 0 Å². The van der Waals surface area contributed by atoms with Crippen molar-refractivity contribution in [2.75, 3.05) is 54.1 Å². The van der Waals surface area contributed by atoms with Crippen molar-refractivity contribution in [2.45, 2.75) is 136 Å². The van der Waals surface area contributed by atoms with Gasteiger partial charge in [0, 0.05) is 13.0 Å². The third-order valence-corrected chi connectivity index (χ3v) is 7.97. The number of quaternary nitrogens is 1. The summed E-state index contributed by atoms with van der Waals surface area (Å²) >= 11 is 0. The van der Waals surface area contributed by atoms with Crippen molar-refractivity contribution in [3.63, 3.8) is 0 Å². The average molecular weight is 632 g/mol. The van der Waals surface area contributed by atoms with Gasteiger partial charge in [0.2, 0.25) is 0 Å². The number of rotatable bonds is 31. The zero-order valence-corrected chi connectivity index (χ0v) is 29.3. The summed E-state index contributed by atoms with van der Waals surface area (Å²) < 4.78 is 33.8. The highest BCUT2D eigenvalue weighted by atomic mass is 31.2. The van der Waals surface area contributed by atoms with Crippen molar-refractivity contribution < 1.29 is 37.3 Å². The fourth-order valence-corrected chi connectivity index (χ4v) is 4.99. The molecule has 0 aliphatic rings. The minimum Gasteiger partial charge on any atom is -0.756 e. The number of phosphoric ester groups is 1. The van der Waals surface area contributed by atoms with Crippen molar-refractivity contribution in [1.29, 1.82) is 0 Å². The highest BCUT2D eigenvalue weighted by molar-refractivity contribution is 7.45. The second-order valence-corrected chi connectivity index (χ2v) is 13.9. The fourth-order valence-electron chi connectivity index (χ4n) is 4.26. The molecule has 8 nitrogen and oxygen atoms in total. The molecule has 0 aromatic rings. The van der Waals surface area contributed by atoms with Gasteiger partial charge in [0.15, 0.2) is 0 Å². The first-order valence-corrected chi connectivity index (χ1v) is 18.5. The first kappa shape index (κ1) is 42.0. The lowest BCUT2D eigenvalue weighted by Gasteiger charge is -2.28. The summed E-state index contributed by atoms with van der Waals surface area (Å²) in [4.78, 5) is 24.2. The van der Waals surface area contributed by atoms with E-state index in [-0.39, 0.29) is 32.2 Å². The molecule has 0 saturated carbocycles. The standard InChI is InChI=1S/C34H66NO7P/c1-6-8-10-11-12-13-14-15-16-17-18-19-20-21-22-23-24-25-26-29-39-31-33(42-34(36)27-9-7-2)32-41-43(37,38)40-30-28-35(3,4)5/h13-14,16-17,33H,6-12,15,18-32H2,1-5H3/b14-13-,17-16-. The van der Waals surface area contributed by atoms with Gasteiger partial charge in [-0.3, -0.25) is 9.36 Å². The Bertz CT molecular complexity index is 752. The van der Waals surface area contributed by atoms with Crippen LogP contribution in [0.1, 0.15) is 129 Å². The number of allylic oxidation sites excluding steroid dienone is 4. The smallest absolute Gasteiger partial charge is 0.306 e. The maximum atomic E-state index is 12.1. The molecule has 0 fully saturated rings. The lowest BCUT2D eigenvalue weighted by Crippen LogP contribution is -2.37. The van der Waals surface area contributed by atoms with E-state index >= 15 is 0 Å². The quantitative estimate of drug-likeness (QED) is 0.0250. The summed E-state index contributed by atoms with van der Waals surface area (Å²) in [7, 11) is 1.34. The Morgan fingerprint density at radius 2 is 1.28 bits per heavy atom. The molecule has 43 heavy (non-hydrogen) atoms. The van der Waals surface area contributed by atoms with Crippen molar-refractivity contribution in [2.24, 2.45) is 0 Å². The molecule has 0 aliphatic heterocycles. The normalized spacial score (nSPS) is 14.5. The minimum absolute atomic E-state index is 0.0243. The highest BCUT2D eigenvalue weighted by Crippen LogP contribution is 2.38. The van der Waals surface area contributed by atoms with Crippen LogP contribution in [-0.2, 0) is 27.9 Å². The summed E-state index contributed by atoms with van der Waals surface area (Å²) in [5, 5.41) is 0. The van der Waals surface area contributed by atoms with Crippen LogP contribution < -0.4 is 4.89 Å². The number of carbonyl (C=O) groups excluding carboxylic acids is 1. The number of hydrogen-bond acceptors (Lipinski definition) is 7. The zero-order valence-electron chi connectivity index (χ0n) is 28.4. The van der Waals surface area contributed by atoms with Gasteiger partial charge in [-0.25, -0.2) is 0 Å². The Balaban J connectivity index is 3.95. The number of hydrogen-bond donors (Lipinski definition) is 0. The molecule has 0 bridgehead atoms. The van der Waals surface area contributed by atoms with Gasteiger partial charge in [0.05, 0.1) is 34.4 Å². The molecule has 0 amide bonds. The molecule has 9 heteroatoms. The lowest BCUT2D eigenvalue weighted by atomic mass is 10.1. The maximum absolute atomic E-state index is 12.1. The van der Waals surface area contributed by atoms with E-state index in [0.717, 1.165) is 32.1 Å². The maximum Gasteiger partial charge on any atom is 0.306 e. The van der Waals surface area contributed by atoms with Crippen LogP contribution in [0.25, 0.3) is 0 Å². The lowest BCUT2D eigenvalue weighted by molar-refractivity contribution is -0.870. The van der Waals surface area contributed by atoms with E-state index in [2.05, 4.69) is 31.2 Å². The molecule has 0 saturated heterocycles. The average Bonchev–Trinajstić information content (AvgIpc) is 2.94. The van der Waals surface area contributed by atoms with Crippen LogP contribution in [-0.4, -0.2) is 70.7 Å². The second kappa shape index (κ2) is 28.5. The van der Waals surface area contributed by atoms with Crippen molar-refractivity contribution >= 4 is 13.8 Å². The topological polar surface area (TPSA) is 94.1 Å². The van der Waals surface area contributed by atoms with E-state index in [1.54, 1.807) is 0 Å². The van der Waals surface area contributed by atoms with Gasteiger partial charge in [0.25, 0.3) is 7.82 Å². The molecule has 0 aliphatic carbocycles. The van der Waals surface area contributed by atoms with Crippen LogP contribution in [0.4, 0.5) is 0 Å². The Kier molecular flexibility index (Phi) is 27.8. The predicted molar refractivity (Wildman–Crippen MR) is 176 cm³/mol. The molecule has 0 rings (SSSR count). The molecular weight excluding hydrogens is 565 g/mol. The van der Waals surface area contributed by atoms with E-state index in [1.807, 2.05) is 28.1 Å². The van der Waals surface area contributed by atoms with Crippen molar-refractivity contribution in [3.05, 3.63) is 24.3 Å². The molecule has 0 aromatic heterocycles. The van der Waals surface area contributed by atoms with Gasteiger partial charge in [-0.2, -0.15) is 0 Å². The molecule has 2 unspecified atom stereocenters. The third-order valence-electron chi connectivity index (χ3n) is 7.01. The minimum atomic E-state index is -4.49. The highest BCUT2D eigenvalue weighted by Gasteiger charge is 2.20. The Labute approximate surface area is 264 Å². The largest absolute Gasteiger partial charge is 0.756 e. The van der Waals surface area contributed by atoms with Gasteiger partial charge in [-0.15, -0.1) is 0 Å². The third kappa shape index (κ3) is 32.2. The van der Waals surface area contributed by atoms with E-state index in [4.69, 9.17) is 18.5 Å². The Morgan fingerprint density at radius 3 is 1.86 bits per heavy atom. The SMILES string of the molecule is CCCCCC/C=C\C/C=C\CCCCCCCCCCOCC(COP(=O)([O-])OCC[N+](C)(C)C)OC(=O)CCCC. The molecule has 254 valence electrons. The second-order valence-electron chi connectivity index (χ2n) is 12.5. The van der Waals surface area contributed by atoms with E-state index in [1.165, 1.54) is 77.0 Å². The number of esters is 1. The molecule has 0 spiro atoms. The predicted octanol–water partition coefficient (Wildman–Crippen LogP) is 8.30. The van der Waals surface area contributed by atoms with Gasteiger partial charge in [-0.1, -0.05) is 102 Å². The molecule has 0 aromatic carbocycles. The van der Waals surface area contributed by atoms with E-state index in [9.17, 15) is 14.3 Å². The van der Waals surface area contributed by atoms with E-state index < -0.39 is 13.9 Å². The number of likely N-dealkylation sites (N-methyl/N-ethyl adjacent to an activating group) is 1. The number of ether oxygens (including phenoxy) is 2. The van der Waals surface area contributed by atoms with Crippen LogP contribution in [0.3, 0.4) is 0 Å². The molecular formula is C34H66NO7P. The summed E-state index contributed by atoms with van der Waals surface area (Å²) in [5.41, 5.74) is 0. The number of unbranched alkanes of at least 4 members (excludes halogenated alkanes) is 13. The van der Waals surface area contributed by atoms with Crippen LogP contribution in [0.5, 0.6) is 0 Å². The van der Waals surface area contributed by atoms with Crippen LogP contribution in [0, 0.1) is 0 Å². The Hall–Kier alpha value is -1.02. The molecule has 2 atom stereocenters. The number of phosphoric acid groups is 1. The van der Waals surface area contributed by atoms with Gasteiger partial charge >= 0.3 is 5.97 Å². The first-order valence-electron chi connectivity index (χ1n) is 17.1. The summed E-state index contributed by atoms with van der Waals surface area (Å²) in [5.74, 6) is -0.373. The van der Waals surface area contributed by atoms with Gasteiger partial charge < -0.3 is 27.9 Å². The van der Waals surface area contributed by atoms with Crippen LogP contribution in [0.2, 0.25) is 0 Å². The molecule has 0 heterocycles. The van der Waals surface area contributed by atoms with Crippen molar-refractivity contribution in [1.82, 2.24) is 0 Å². The number of nitrogens with zero attached hydrogens (tertiary/aromatic N) is 1. The Morgan fingerprint density at radius 1 is 0.721 bits per heavy atom. The summed E-state index contributed by atoms with van der Waals surface area (Å²) in [6.07, 6.45) is 28.6. The molecule has 0 N–H and O–H groups in total. The first-order chi connectivity index (χ1) is 20.6. The van der Waals surface area contributed by atoms with Gasteiger partial charge in [-0.05, 0) is 44.9 Å². The number of carbonyl (C=O) groups is 1. The van der Waals surface area contributed by atoms with E-state index in [0.29, 0.717) is 17.6 Å². The fraction of sp³-hybridized carbons (Fsp3) is 0.853. The van der Waals surface area contributed by atoms with Crippen LogP contribution >= 0.6 is 7.82 Å².